The summed E-state index contributed by atoms with van der Waals surface area (Å²) in [5.74, 6) is -0.269. The number of allylic oxidation sites excluding steroid dienone is 1. The van der Waals surface area contributed by atoms with Crippen LogP contribution in [-0.4, -0.2) is 27.5 Å². The van der Waals surface area contributed by atoms with Crippen molar-refractivity contribution >= 4 is 19.2 Å². The maximum absolute atomic E-state index is 11.2. The number of Topliss-reactive ketones (excluding diaryl/α,β-unsaturated/α-hetero) is 1. The zero-order chi connectivity index (χ0) is 15.4. The zero-order valence-electron chi connectivity index (χ0n) is 11.9. The van der Waals surface area contributed by atoms with Gasteiger partial charge >= 0.3 is 7.60 Å². The van der Waals surface area contributed by atoms with E-state index in [0.717, 1.165) is 38.5 Å². The lowest BCUT2D eigenvalue weighted by molar-refractivity contribution is -0.117. The van der Waals surface area contributed by atoms with Gasteiger partial charge in [0.2, 0.25) is 0 Å². The Bertz CT molecular complexity index is 359. The zero-order valence-corrected chi connectivity index (χ0v) is 12.8. The number of carbonyl (C=O) groups is 2. The number of hydrogen-bond acceptors (Lipinski definition) is 3. The van der Waals surface area contributed by atoms with Gasteiger partial charge in [0, 0.05) is 12.8 Å². The molecule has 2 N–H and O–H groups in total. The molecule has 0 aromatic carbocycles. The Kier molecular flexibility index (Phi) is 10.5. The molecule has 0 rings (SSSR count). The van der Waals surface area contributed by atoms with E-state index < -0.39 is 13.8 Å². The van der Waals surface area contributed by atoms with Crippen LogP contribution in [0.4, 0.5) is 0 Å². The predicted octanol–water partition coefficient (Wildman–Crippen LogP) is 3.00. The van der Waals surface area contributed by atoms with Crippen LogP contribution in [0.1, 0.15) is 57.8 Å². The van der Waals surface area contributed by atoms with E-state index in [1.807, 2.05) is 0 Å². The molecular formula is C14H25O5P. The number of rotatable bonds is 13. The minimum Gasteiger partial charge on any atom is -0.324 e. The Morgan fingerprint density at radius 2 is 1.35 bits per heavy atom. The average molecular weight is 304 g/mol. The molecule has 0 aromatic heterocycles. The van der Waals surface area contributed by atoms with Crippen LogP contribution in [0.5, 0.6) is 0 Å². The second-order valence-corrected chi connectivity index (χ2v) is 6.65. The number of unbranched alkanes of at least 4 members (excludes halogenated alkanes) is 6. The Labute approximate surface area is 120 Å². The molecule has 0 fully saturated rings. The van der Waals surface area contributed by atoms with Crippen molar-refractivity contribution < 1.29 is 23.9 Å². The van der Waals surface area contributed by atoms with Gasteiger partial charge in [-0.05, 0) is 18.9 Å². The van der Waals surface area contributed by atoms with Crippen molar-refractivity contribution in [2.75, 3.05) is 6.16 Å². The predicted molar refractivity (Wildman–Crippen MR) is 78.7 cm³/mol. The van der Waals surface area contributed by atoms with Crippen molar-refractivity contribution in [3.8, 4) is 0 Å². The monoisotopic (exact) mass is 304 g/mol. The molecule has 0 aliphatic carbocycles. The third-order valence-electron chi connectivity index (χ3n) is 2.99. The van der Waals surface area contributed by atoms with Crippen LogP contribution >= 0.6 is 7.60 Å². The Morgan fingerprint density at radius 3 is 1.80 bits per heavy atom. The first-order valence-corrected chi connectivity index (χ1v) is 8.86. The summed E-state index contributed by atoms with van der Waals surface area (Å²) in [7, 11) is -4.19. The van der Waals surface area contributed by atoms with Crippen molar-refractivity contribution in [3.63, 3.8) is 0 Å². The molecule has 5 nitrogen and oxygen atoms in total. The van der Waals surface area contributed by atoms with Crippen LogP contribution in [0.15, 0.2) is 12.7 Å². The Morgan fingerprint density at radius 1 is 0.900 bits per heavy atom. The van der Waals surface area contributed by atoms with Crippen LogP contribution in [0.2, 0.25) is 0 Å². The number of carbonyl (C=O) groups excluding carboxylic acids is 2. The van der Waals surface area contributed by atoms with Gasteiger partial charge in [-0.2, -0.15) is 0 Å². The van der Waals surface area contributed by atoms with Crippen molar-refractivity contribution in [2.45, 2.75) is 57.8 Å². The first kappa shape index (κ1) is 19.2. The molecule has 0 heterocycles. The van der Waals surface area contributed by atoms with Gasteiger partial charge in [0.15, 0.2) is 5.78 Å². The topological polar surface area (TPSA) is 91.7 Å². The fraction of sp³-hybridized carbons (Fsp3) is 0.714. The standard InChI is InChI=1S/C14H25O5P/c1-2-13(15)10-8-6-4-3-5-7-9-11-14(16)12-20(17,18)19/h2H,1,3-12H2,(H2,17,18,19). The molecule has 0 radical (unpaired) electrons. The van der Waals surface area contributed by atoms with Crippen LogP contribution in [0.3, 0.4) is 0 Å². The van der Waals surface area contributed by atoms with E-state index in [4.69, 9.17) is 9.79 Å². The maximum atomic E-state index is 11.2. The van der Waals surface area contributed by atoms with Crippen LogP contribution in [0, 0.1) is 0 Å². The van der Waals surface area contributed by atoms with Gasteiger partial charge in [-0.25, -0.2) is 0 Å². The van der Waals surface area contributed by atoms with Crippen molar-refractivity contribution in [2.24, 2.45) is 0 Å². The van der Waals surface area contributed by atoms with Crippen molar-refractivity contribution in [1.29, 1.82) is 0 Å². The Balaban J connectivity index is 3.33. The van der Waals surface area contributed by atoms with E-state index in [1.165, 1.54) is 6.08 Å². The third kappa shape index (κ3) is 13.7. The molecule has 116 valence electrons. The lowest BCUT2D eigenvalue weighted by Crippen LogP contribution is -2.04. The largest absolute Gasteiger partial charge is 0.332 e. The number of hydrogen-bond donors (Lipinski definition) is 2. The van der Waals surface area contributed by atoms with Crippen LogP contribution in [-0.2, 0) is 14.2 Å². The highest BCUT2D eigenvalue weighted by molar-refractivity contribution is 7.52. The fourth-order valence-corrected chi connectivity index (χ4v) is 2.53. The molecule has 0 aliphatic rings. The molecule has 0 aliphatic heterocycles. The molecule has 20 heavy (non-hydrogen) atoms. The summed E-state index contributed by atoms with van der Waals surface area (Å²) in [6.45, 7) is 3.42. The first-order valence-electron chi connectivity index (χ1n) is 7.06. The summed E-state index contributed by atoms with van der Waals surface area (Å²) in [5, 5.41) is 0. The van der Waals surface area contributed by atoms with Gasteiger partial charge in [0.05, 0.1) is 0 Å². The minimum atomic E-state index is -4.19. The quantitative estimate of drug-likeness (QED) is 0.310. The smallest absolute Gasteiger partial charge is 0.324 e. The van der Waals surface area contributed by atoms with E-state index in [0.29, 0.717) is 12.8 Å². The highest BCUT2D eigenvalue weighted by Crippen LogP contribution is 2.34. The van der Waals surface area contributed by atoms with E-state index >= 15 is 0 Å². The normalized spacial score (nSPS) is 11.3. The van der Waals surface area contributed by atoms with Crippen LogP contribution < -0.4 is 0 Å². The molecule has 0 bridgehead atoms. The summed E-state index contributed by atoms with van der Waals surface area (Å²) in [5.41, 5.74) is 0. The molecule has 0 unspecified atom stereocenters. The average Bonchev–Trinajstić information content (AvgIpc) is 2.34. The van der Waals surface area contributed by atoms with Gasteiger partial charge in [0.1, 0.15) is 11.9 Å². The summed E-state index contributed by atoms with van der Waals surface area (Å²) in [6, 6.07) is 0. The molecule has 0 amide bonds. The highest BCUT2D eigenvalue weighted by atomic mass is 31.2. The van der Waals surface area contributed by atoms with E-state index in [9.17, 15) is 14.2 Å². The lowest BCUT2D eigenvalue weighted by Gasteiger charge is -2.03. The minimum absolute atomic E-state index is 0.0913. The molecule has 0 saturated heterocycles. The summed E-state index contributed by atoms with van der Waals surface area (Å²) >= 11 is 0. The van der Waals surface area contributed by atoms with Gasteiger partial charge in [-0.3, -0.25) is 14.2 Å². The van der Waals surface area contributed by atoms with Gasteiger partial charge < -0.3 is 9.79 Å². The Hall–Kier alpha value is -0.770. The van der Waals surface area contributed by atoms with E-state index in [2.05, 4.69) is 6.58 Å². The summed E-state index contributed by atoms with van der Waals surface area (Å²) in [4.78, 5) is 39.4. The molecular weight excluding hydrogens is 279 g/mol. The maximum Gasteiger partial charge on any atom is 0.332 e. The van der Waals surface area contributed by atoms with Crippen molar-refractivity contribution in [3.05, 3.63) is 12.7 Å². The first-order chi connectivity index (χ1) is 9.35. The third-order valence-corrected chi connectivity index (χ3v) is 3.75. The van der Waals surface area contributed by atoms with Gasteiger partial charge in [-0.15, -0.1) is 0 Å². The van der Waals surface area contributed by atoms with E-state index in [1.54, 1.807) is 0 Å². The highest BCUT2D eigenvalue weighted by Gasteiger charge is 2.18. The second kappa shape index (κ2) is 11.0. The van der Waals surface area contributed by atoms with Crippen LogP contribution in [0.25, 0.3) is 0 Å². The molecule has 0 saturated carbocycles. The SMILES string of the molecule is C=CC(=O)CCCCCCCCCC(=O)CP(=O)(O)O. The molecule has 6 heteroatoms. The molecule has 0 spiro atoms. The number of ketones is 2. The molecule has 0 aromatic rings. The fourth-order valence-electron chi connectivity index (χ4n) is 1.92. The summed E-state index contributed by atoms with van der Waals surface area (Å²) in [6.07, 6.45) is 8.20. The van der Waals surface area contributed by atoms with Gasteiger partial charge in [-0.1, -0.05) is 38.7 Å². The van der Waals surface area contributed by atoms with E-state index in [-0.39, 0.29) is 18.0 Å². The molecule has 0 atom stereocenters. The van der Waals surface area contributed by atoms with Crippen molar-refractivity contribution in [1.82, 2.24) is 0 Å². The second-order valence-electron chi connectivity index (χ2n) is 5.01. The lowest BCUT2D eigenvalue weighted by atomic mass is 10.1. The summed E-state index contributed by atoms with van der Waals surface area (Å²) < 4.78 is 10.6. The van der Waals surface area contributed by atoms with Gasteiger partial charge in [0.25, 0.3) is 0 Å².